The second-order valence-corrected chi connectivity index (χ2v) is 9.09. The lowest BCUT2D eigenvalue weighted by Gasteiger charge is -2.30. The Balaban J connectivity index is 1.97. The summed E-state index contributed by atoms with van der Waals surface area (Å²) >= 11 is 0. The van der Waals surface area contributed by atoms with Crippen LogP contribution < -0.4 is 11.0 Å². The molecule has 0 radical (unpaired) electrons. The first-order valence-electron chi connectivity index (χ1n) is 9.69. The van der Waals surface area contributed by atoms with Gasteiger partial charge >= 0.3 is 16.4 Å². The molecule has 0 saturated heterocycles. The summed E-state index contributed by atoms with van der Waals surface area (Å²) in [5.74, 6) is 0.490. The van der Waals surface area contributed by atoms with Crippen LogP contribution in [0.4, 0.5) is 4.79 Å². The third-order valence-corrected chi connectivity index (χ3v) is 6.48. The number of carbonyl (C=O) groups is 2. The van der Waals surface area contributed by atoms with Crippen LogP contribution in [0, 0.1) is 17.3 Å². The SMILES string of the molecule is CCC[C@@H](C(=O)NOC1CC2CCC1C2(C)C)N(CC)C(=O)NOS(=O)(=O)O. The molecule has 0 aromatic heterocycles. The van der Waals surface area contributed by atoms with Gasteiger partial charge in [-0.05, 0) is 49.9 Å². The van der Waals surface area contributed by atoms with Gasteiger partial charge in [0.15, 0.2) is 0 Å². The lowest BCUT2D eigenvalue weighted by Crippen LogP contribution is -2.53. The zero-order valence-electron chi connectivity index (χ0n) is 16.8. The zero-order valence-corrected chi connectivity index (χ0v) is 17.6. The Morgan fingerprint density at radius 1 is 1.25 bits per heavy atom. The molecule has 2 bridgehead atoms. The Morgan fingerprint density at radius 3 is 2.39 bits per heavy atom. The van der Waals surface area contributed by atoms with E-state index in [0.29, 0.717) is 24.7 Å². The summed E-state index contributed by atoms with van der Waals surface area (Å²) in [4.78, 5) is 31.7. The summed E-state index contributed by atoms with van der Waals surface area (Å²) in [5.41, 5.74) is 4.33. The van der Waals surface area contributed by atoms with Crippen LogP contribution in [-0.4, -0.2) is 48.5 Å². The van der Waals surface area contributed by atoms with E-state index in [1.807, 2.05) is 6.92 Å². The van der Waals surface area contributed by atoms with Gasteiger partial charge in [0.2, 0.25) is 0 Å². The van der Waals surface area contributed by atoms with E-state index < -0.39 is 28.4 Å². The van der Waals surface area contributed by atoms with E-state index in [0.717, 1.165) is 17.7 Å². The van der Waals surface area contributed by atoms with Gasteiger partial charge in [0, 0.05) is 6.54 Å². The van der Waals surface area contributed by atoms with Crippen LogP contribution in [0.2, 0.25) is 0 Å². The van der Waals surface area contributed by atoms with Crippen molar-refractivity contribution in [1.29, 1.82) is 0 Å². The van der Waals surface area contributed by atoms with Gasteiger partial charge < -0.3 is 4.90 Å². The number of hydrogen-bond acceptors (Lipinski definition) is 6. The van der Waals surface area contributed by atoms with Crippen LogP contribution in [0.25, 0.3) is 0 Å². The third-order valence-electron chi connectivity index (χ3n) is 6.19. The fraction of sp³-hybridized carbons (Fsp3) is 0.882. The van der Waals surface area contributed by atoms with E-state index in [-0.39, 0.29) is 18.1 Å². The van der Waals surface area contributed by atoms with Crippen molar-refractivity contribution < 1.29 is 31.7 Å². The number of nitrogens with one attached hydrogen (secondary N) is 2. The maximum atomic E-state index is 12.7. The van der Waals surface area contributed by atoms with Crippen molar-refractivity contribution in [3.05, 3.63) is 0 Å². The van der Waals surface area contributed by atoms with Gasteiger partial charge in [0.05, 0.1) is 6.10 Å². The van der Waals surface area contributed by atoms with Gasteiger partial charge in [-0.1, -0.05) is 27.2 Å². The molecule has 0 spiro atoms. The molecular weight excluding hydrogens is 390 g/mol. The molecule has 10 nitrogen and oxygen atoms in total. The van der Waals surface area contributed by atoms with Crippen molar-refractivity contribution in [1.82, 2.24) is 15.9 Å². The number of likely N-dealkylation sites (N-methyl/N-ethyl adjacent to an activating group) is 1. The van der Waals surface area contributed by atoms with Crippen molar-refractivity contribution >= 4 is 22.3 Å². The molecule has 28 heavy (non-hydrogen) atoms. The predicted octanol–water partition coefficient (Wildman–Crippen LogP) is 1.79. The molecule has 11 heteroatoms. The van der Waals surface area contributed by atoms with Crippen molar-refractivity contribution in [2.75, 3.05) is 6.54 Å². The molecule has 2 aliphatic carbocycles. The second kappa shape index (κ2) is 8.93. The Kier molecular flexibility index (Phi) is 7.29. The Bertz CT molecular complexity index is 682. The molecule has 162 valence electrons. The standard InChI is InChI=1S/C17H31N3O7S/c1-5-7-13(20(6-2)16(22)19-27-28(23,24)25)15(21)18-26-14-10-11-8-9-12(14)17(11,3)4/h11-14H,5-10H2,1-4H3,(H,18,21)(H,19,22)(H,23,24,25)/t11?,12?,13-,14?/m0/s1. The predicted molar refractivity (Wildman–Crippen MR) is 99.9 cm³/mol. The summed E-state index contributed by atoms with van der Waals surface area (Å²) in [6.07, 6.45) is 4.07. The highest BCUT2D eigenvalue weighted by atomic mass is 32.3. The maximum Gasteiger partial charge on any atom is 0.418 e. The molecule has 0 aliphatic heterocycles. The second-order valence-electron chi connectivity index (χ2n) is 8.07. The largest absolute Gasteiger partial charge is 0.418 e. The molecule has 2 fully saturated rings. The van der Waals surface area contributed by atoms with Crippen molar-refractivity contribution in [2.45, 2.75) is 71.9 Å². The topological polar surface area (TPSA) is 134 Å². The van der Waals surface area contributed by atoms with Crippen LogP contribution in [-0.2, 0) is 24.3 Å². The monoisotopic (exact) mass is 421 g/mol. The van der Waals surface area contributed by atoms with Crippen molar-refractivity contribution in [3.63, 3.8) is 0 Å². The third kappa shape index (κ3) is 5.13. The average Bonchev–Trinajstić information content (AvgIpc) is 3.04. The molecule has 0 aromatic carbocycles. The molecule has 3 unspecified atom stereocenters. The summed E-state index contributed by atoms with van der Waals surface area (Å²) < 4.78 is 33.8. The summed E-state index contributed by atoms with van der Waals surface area (Å²) in [6, 6.07) is -1.82. The van der Waals surface area contributed by atoms with Gasteiger partial charge in [0.25, 0.3) is 5.91 Å². The van der Waals surface area contributed by atoms with Crippen LogP contribution in [0.1, 0.15) is 59.8 Å². The number of nitrogens with zero attached hydrogens (tertiary/aromatic N) is 1. The number of hydrogen-bond donors (Lipinski definition) is 3. The lowest BCUT2D eigenvalue weighted by molar-refractivity contribution is -0.146. The van der Waals surface area contributed by atoms with Crippen LogP contribution in [0.3, 0.4) is 0 Å². The van der Waals surface area contributed by atoms with E-state index >= 15 is 0 Å². The Hall–Kier alpha value is -1.43. The first-order valence-corrected chi connectivity index (χ1v) is 11.1. The first-order chi connectivity index (χ1) is 13.0. The van der Waals surface area contributed by atoms with Crippen LogP contribution in [0.15, 0.2) is 0 Å². The number of fused-ring (bicyclic) bond motifs is 2. The van der Waals surface area contributed by atoms with Gasteiger partial charge in [-0.3, -0.25) is 14.2 Å². The van der Waals surface area contributed by atoms with Gasteiger partial charge in [0.1, 0.15) is 6.04 Å². The van der Waals surface area contributed by atoms with E-state index in [1.54, 1.807) is 12.4 Å². The number of rotatable bonds is 9. The minimum Gasteiger partial charge on any atom is -0.311 e. The number of hydroxylamine groups is 2. The molecule has 3 amide bonds. The number of amides is 3. The summed E-state index contributed by atoms with van der Waals surface area (Å²) in [6.45, 7) is 8.10. The van der Waals surface area contributed by atoms with Crippen molar-refractivity contribution in [3.8, 4) is 0 Å². The molecular formula is C17H31N3O7S. The first kappa shape index (κ1) is 22.9. The smallest absolute Gasteiger partial charge is 0.311 e. The zero-order chi connectivity index (χ0) is 21.1. The molecule has 0 aromatic rings. The average molecular weight is 422 g/mol. The molecule has 4 atom stereocenters. The van der Waals surface area contributed by atoms with Gasteiger partial charge in [-0.15, -0.1) is 4.28 Å². The molecule has 3 N–H and O–H groups in total. The fourth-order valence-corrected chi connectivity index (χ4v) is 4.82. The highest BCUT2D eigenvalue weighted by molar-refractivity contribution is 7.80. The quantitative estimate of drug-likeness (QED) is 0.382. The van der Waals surface area contributed by atoms with E-state index in [2.05, 4.69) is 23.6 Å². The summed E-state index contributed by atoms with van der Waals surface area (Å²) in [5, 5.41) is 0. The summed E-state index contributed by atoms with van der Waals surface area (Å²) in [7, 11) is -4.84. The highest BCUT2D eigenvalue weighted by Gasteiger charge is 2.54. The lowest BCUT2D eigenvalue weighted by atomic mass is 9.82. The van der Waals surface area contributed by atoms with Gasteiger partial charge in [-0.25, -0.2) is 10.3 Å². The van der Waals surface area contributed by atoms with E-state index in [9.17, 15) is 18.0 Å². The van der Waals surface area contributed by atoms with Crippen molar-refractivity contribution in [2.24, 2.45) is 17.3 Å². The van der Waals surface area contributed by atoms with E-state index in [1.165, 1.54) is 6.42 Å². The molecule has 2 aliphatic rings. The van der Waals surface area contributed by atoms with Crippen LogP contribution >= 0.6 is 0 Å². The maximum absolute atomic E-state index is 12.7. The Morgan fingerprint density at radius 2 is 1.93 bits per heavy atom. The minimum absolute atomic E-state index is 0.0493. The van der Waals surface area contributed by atoms with Gasteiger partial charge in [-0.2, -0.15) is 13.9 Å². The Labute approximate surface area is 166 Å². The highest BCUT2D eigenvalue weighted by Crippen LogP contribution is 2.58. The normalized spacial score (nSPS) is 26.7. The minimum atomic E-state index is -4.84. The molecule has 2 saturated carbocycles. The molecule has 2 rings (SSSR count). The molecule has 0 heterocycles. The van der Waals surface area contributed by atoms with Crippen LogP contribution in [0.5, 0.6) is 0 Å². The fourth-order valence-electron chi connectivity index (χ4n) is 4.65. The van der Waals surface area contributed by atoms with E-state index in [4.69, 9.17) is 9.39 Å². The number of urea groups is 1. The number of carbonyl (C=O) groups excluding carboxylic acids is 2.